The number of fused-ring (bicyclic) bond motifs is 1. The molecule has 146 valence electrons. The van der Waals surface area contributed by atoms with Gasteiger partial charge in [0.25, 0.3) is 0 Å². The lowest BCUT2D eigenvalue weighted by atomic mass is 10.2. The van der Waals surface area contributed by atoms with Crippen LogP contribution in [-0.2, 0) is 11.3 Å². The zero-order chi connectivity index (χ0) is 20.1. The molecule has 0 aliphatic carbocycles. The second kappa shape index (κ2) is 9.20. The molecule has 0 saturated heterocycles. The van der Waals surface area contributed by atoms with Gasteiger partial charge >= 0.3 is 0 Å². The van der Waals surface area contributed by atoms with Crippen LogP contribution in [0.15, 0.2) is 77.8 Å². The molecule has 0 aliphatic rings. The van der Waals surface area contributed by atoms with Gasteiger partial charge in [0, 0.05) is 23.3 Å². The summed E-state index contributed by atoms with van der Waals surface area (Å²) in [6, 6.07) is 22.1. The minimum Gasteiger partial charge on any atom is -0.282 e. The van der Waals surface area contributed by atoms with Crippen LogP contribution in [0.5, 0.6) is 0 Å². The quantitative estimate of drug-likeness (QED) is 0.360. The SMILES string of the molecule is Cc1ccc2nc(N(Cc3ccccn3)C(=O)CCSc3ccccc3)sc2c1. The molecule has 0 spiro atoms. The van der Waals surface area contributed by atoms with Crippen molar-refractivity contribution in [3.63, 3.8) is 0 Å². The first-order valence-electron chi connectivity index (χ1n) is 9.44. The van der Waals surface area contributed by atoms with Crippen LogP contribution < -0.4 is 4.90 Å². The Labute approximate surface area is 178 Å². The Morgan fingerprint density at radius 1 is 1.07 bits per heavy atom. The second-order valence-corrected chi connectivity index (χ2v) is 8.86. The maximum Gasteiger partial charge on any atom is 0.229 e. The average molecular weight is 420 g/mol. The Balaban J connectivity index is 1.54. The lowest BCUT2D eigenvalue weighted by Crippen LogP contribution is -2.30. The van der Waals surface area contributed by atoms with Gasteiger partial charge in [-0.2, -0.15) is 0 Å². The number of pyridine rings is 1. The predicted octanol–water partition coefficient (Wildman–Crippen LogP) is 5.72. The number of carbonyl (C=O) groups is 1. The first kappa shape index (κ1) is 19.6. The molecule has 0 fully saturated rings. The standard InChI is InChI=1S/C23H21N3OS2/c1-17-10-11-20-21(15-17)29-23(25-20)26(16-18-7-5-6-13-24-18)22(27)12-14-28-19-8-3-2-4-9-19/h2-11,13,15H,12,14,16H2,1H3. The summed E-state index contributed by atoms with van der Waals surface area (Å²) in [5.74, 6) is 0.792. The van der Waals surface area contributed by atoms with Crippen molar-refractivity contribution in [2.24, 2.45) is 0 Å². The van der Waals surface area contributed by atoms with Gasteiger partial charge in [-0.1, -0.05) is 41.7 Å². The van der Waals surface area contributed by atoms with Crippen molar-refractivity contribution in [2.45, 2.75) is 24.8 Å². The molecule has 29 heavy (non-hydrogen) atoms. The number of carbonyl (C=O) groups excluding carboxylic acids is 1. The molecule has 0 unspecified atom stereocenters. The highest BCUT2D eigenvalue weighted by atomic mass is 32.2. The molecule has 4 nitrogen and oxygen atoms in total. The largest absolute Gasteiger partial charge is 0.282 e. The zero-order valence-corrected chi connectivity index (χ0v) is 17.7. The maximum atomic E-state index is 13.1. The van der Waals surface area contributed by atoms with Crippen molar-refractivity contribution in [2.75, 3.05) is 10.7 Å². The fraction of sp³-hybridized carbons (Fsp3) is 0.174. The van der Waals surface area contributed by atoms with E-state index >= 15 is 0 Å². The van der Waals surface area contributed by atoms with E-state index in [4.69, 9.17) is 4.98 Å². The summed E-state index contributed by atoms with van der Waals surface area (Å²) in [5.41, 5.74) is 2.97. The number of thioether (sulfide) groups is 1. The topological polar surface area (TPSA) is 46.1 Å². The van der Waals surface area contributed by atoms with E-state index < -0.39 is 0 Å². The molecule has 0 N–H and O–H groups in total. The third kappa shape index (κ3) is 5.02. The van der Waals surface area contributed by atoms with Gasteiger partial charge in [0.2, 0.25) is 5.91 Å². The number of anilines is 1. The summed E-state index contributed by atoms with van der Waals surface area (Å²) in [7, 11) is 0. The number of benzene rings is 2. The number of hydrogen-bond acceptors (Lipinski definition) is 5. The highest BCUT2D eigenvalue weighted by molar-refractivity contribution is 7.99. The summed E-state index contributed by atoms with van der Waals surface area (Å²) in [5, 5.41) is 0.728. The lowest BCUT2D eigenvalue weighted by Gasteiger charge is -2.19. The Hall–Kier alpha value is -2.70. The summed E-state index contributed by atoms with van der Waals surface area (Å²) >= 11 is 3.25. The lowest BCUT2D eigenvalue weighted by molar-refractivity contribution is -0.118. The van der Waals surface area contributed by atoms with E-state index in [9.17, 15) is 4.79 Å². The van der Waals surface area contributed by atoms with Crippen LogP contribution in [0.2, 0.25) is 0 Å². The molecule has 2 heterocycles. The monoisotopic (exact) mass is 419 g/mol. The summed E-state index contributed by atoms with van der Waals surface area (Å²) in [6.45, 7) is 2.49. The normalized spacial score (nSPS) is 10.9. The van der Waals surface area contributed by atoms with E-state index in [1.54, 1.807) is 34.2 Å². The van der Waals surface area contributed by atoms with Crippen LogP contribution in [0.25, 0.3) is 10.2 Å². The first-order valence-corrected chi connectivity index (χ1v) is 11.2. The maximum absolute atomic E-state index is 13.1. The van der Waals surface area contributed by atoms with Crippen molar-refractivity contribution < 1.29 is 4.79 Å². The van der Waals surface area contributed by atoms with Gasteiger partial charge in [0.05, 0.1) is 22.5 Å². The van der Waals surface area contributed by atoms with E-state index in [2.05, 4.69) is 30.1 Å². The Morgan fingerprint density at radius 2 is 1.90 bits per heavy atom. The smallest absolute Gasteiger partial charge is 0.229 e. The molecule has 0 saturated carbocycles. The predicted molar refractivity (Wildman–Crippen MR) is 122 cm³/mol. The van der Waals surface area contributed by atoms with Gasteiger partial charge in [-0.3, -0.25) is 14.7 Å². The first-order chi connectivity index (χ1) is 14.2. The summed E-state index contributed by atoms with van der Waals surface area (Å²) in [4.78, 5) is 25.2. The number of rotatable bonds is 7. The fourth-order valence-corrected chi connectivity index (χ4v) is 4.90. The molecule has 6 heteroatoms. The van der Waals surface area contributed by atoms with E-state index in [-0.39, 0.29) is 5.91 Å². The molecule has 0 radical (unpaired) electrons. The van der Waals surface area contributed by atoms with Gasteiger partial charge in [-0.25, -0.2) is 4.98 Å². The van der Waals surface area contributed by atoms with E-state index in [1.165, 1.54) is 10.5 Å². The van der Waals surface area contributed by atoms with Gasteiger partial charge in [-0.05, 0) is 48.9 Å². The van der Waals surface area contributed by atoms with Crippen LogP contribution in [0.3, 0.4) is 0 Å². The van der Waals surface area contributed by atoms with Crippen LogP contribution in [-0.4, -0.2) is 21.6 Å². The molecule has 0 bridgehead atoms. The van der Waals surface area contributed by atoms with Gasteiger partial charge < -0.3 is 0 Å². The molecule has 4 aromatic rings. The van der Waals surface area contributed by atoms with E-state index in [0.717, 1.165) is 26.8 Å². The molecular weight excluding hydrogens is 398 g/mol. The van der Waals surface area contributed by atoms with Crippen LogP contribution in [0.1, 0.15) is 17.7 Å². The summed E-state index contributed by atoms with van der Waals surface area (Å²) in [6.07, 6.45) is 2.20. The zero-order valence-electron chi connectivity index (χ0n) is 16.1. The van der Waals surface area contributed by atoms with E-state index in [0.29, 0.717) is 13.0 Å². The molecule has 2 aromatic heterocycles. The number of amides is 1. The van der Waals surface area contributed by atoms with Crippen molar-refractivity contribution in [1.82, 2.24) is 9.97 Å². The van der Waals surface area contributed by atoms with Crippen molar-refractivity contribution in [1.29, 1.82) is 0 Å². The molecule has 4 rings (SSSR count). The fourth-order valence-electron chi connectivity index (χ4n) is 2.96. The molecule has 0 aliphatic heterocycles. The third-order valence-electron chi connectivity index (χ3n) is 4.44. The van der Waals surface area contributed by atoms with Crippen molar-refractivity contribution in [3.8, 4) is 0 Å². The Morgan fingerprint density at radius 3 is 2.69 bits per heavy atom. The number of nitrogens with zero attached hydrogens (tertiary/aromatic N) is 3. The minimum absolute atomic E-state index is 0.0647. The Bertz CT molecular complexity index is 1100. The average Bonchev–Trinajstić information content (AvgIpc) is 3.16. The number of aromatic nitrogens is 2. The molecular formula is C23H21N3OS2. The van der Waals surface area contributed by atoms with Gasteiger partial charge in [-0.15, -0.1) is 11.8 Å². The molecule has 2 aromatic carbocycles. The number of aryl methyl sites for hydroxylation is 1. The Kier molecular flexibility index (Phi) is 6.22. The van der Waals surface area contributed by atoms with Crippen LogP contribution in [0, 0.1) is 6.92 Å². The number of hydrogen-bond donors (Lipinski definition) is 0. The van der Waals surface area contributed by atoms with Crippen LogP contribution in [0.4, 0.5) is 5.13 Å². The van der Waals surface area contributed by atoms with Gasteiger partial charge in [0.1, 0.15) is 0 Å². The van der Waals surface area contributed by atoms with Crippen LogP contribution >= 0.6 is 23.1 Å². The highest BCUT2D eigenvalue weighted by Crippen LogP contribution is 2.31. The molecule has 1 amide bonds. The molecule has 0 atom stereocenters. The number of thiazole rings is 1. The minimum atomic E-state index is 0.0647. The third-order valence-corrected chi connectivity index (χ3v) is 6.49. The summed E-state index contributed by atoms with van der Waals surface area (Å²) < 4.78 is 1.09. The van der Waals surface area contributed by atoms with Gasteiger partial charge in [0.15, 0.2) is 5.13 Å². The van der Waals surface area contributed by atoms with Crippen molar-refractivity contribution in [3.05, 3.63) is 84.2 Å². The highest BCUT2D eigenvalue weighted by Gasteiger charge is 2.20. The second-order valence-electron chi connectivity index (χ2n) is 6.68. The van der Waals surface area contributed by atoms with E-state index in [1.807, 2.05) is 48.5 Å². The van der Waals surface area contributed by atoms with Crippen molar-refractivity contribution >= 4 is 44.4 Å².